The van der Waals surface area contributed by atoms with E-state index in [0.717, 1.165) is 0 Å². The van der Waals surface area contributed by atoms with Crippen molar-refractivity contribution in [2.45, 2.75) is 20.4 Å². The molecule has 2 heterocycles. The van der Waals surface area contributed by atoms with Crippen LogP contribution >= 0.6 is 11.6 Å². The van der Waals surface area contributed by atoms with Crippen LogP contribution in [-0.2, 0) is 13.6 Å². The molecule has 0 bridgehead atoms. The van der Waals surface area contributed by atoms with Crippen LogP contribution in [0.4, 0.5) is 10.3 Å². The van der Waals surface area contributed by atoms with Crippen LogP contribution in [0.5, 0.6) is 0 Å². The highest BCUT2D eigenvalue weighted by molar-refractivity contribution is 6.33. The summed E-state index contributed by atoms with van der Waals surface area (Å²) in [6, 6.07) is 4.32. The van der Waals surface area contributed by atoms with Crippen molar-refractivity contribution in [1.82, 2.24) is 19.1 Å². The number of aromatic amines is 1. The Hall–Kier alpha value is -2.94. The van der Waals surface area contributed by atoms with Crippen molar-refractivity contribution < 1.29 is 4.39 Å². The number of anilines is 1. The molecule has 0 saturated carbocycles. The SMILES string of the molecule is CC(C)Cn1c(N/N=C\c2c(F)cccc2Cl)nc2c1c(=O)[nH]c(=O)n2C. The van der Waals surface area contributed by atoms with E-state index < -0.39 is 17.1 Å². The monoisotopic (exact) mass is 392 g/mol. The average Bonchev–Trinajstić information content (AvgIpc) is 2.94. The predicted molar refractivity (Wildman–Crippen MR) is 103 cm³/mol. The van der Waals surface area contributed by atoms with Crippen LogP contribution in [0.2, 0.25) is 5.02 Å². The Bertz CT molecular complexity index is 1120. The van der Waals surface area contributed by atoms with Crippen molar-refractivity contribution in [2.75, 3.05) is 5.43 Å². The minimum atomic E-state index is -0.560. The normalized spacial score (nSPS) is 11.8. The number of hydrazone groups is 1. The van der Waals surface area contributed by atoms with Crippen LogP contribution in [0.25, 0.3) is 11.2 Å². The number of aromatic nitrogens is 4. The van der Waals surface area contributed by atoms with Gasteiger partial charge in [0.1, 0.15) is 5.82 Å². The van der Waals surface area contributed by atoms with Crippen LogP contribution in [-0.4, -0.2) is 25.3 Å². The maximum Gasteiger partial charge on any atom is 0.329 e. The first-order chi connectivity index (χ1) is 12.8. The lowest BCUT2D eigenvalue weighted by atomic mass is 10.2. The van der Waals surface area contributed by atoms with Gasteiger partial charge in [0.25, 0.3) is 5.56 Å². The molecule has 3 rings (SSSR count). The smallest absolute Gasteiger partial charge is 0.303 e. The van der Waals surface area contributed by atoms with E-state index in [-0.39, 0.29) is 33.6 Å². The number of H-pyrrole nitrogens is 1. The Kier molecular flexibility index (Phi) is 5.13. The summed E-state index contributed by atoms with van der Waals surface area (Å²) in [6.07, 6.45) is 1.24. The van der Waals surface area contributed by atoms with Gasteiger partial charge in [-0.1, -0.05) is 31.5 Å². The van der Waals surface area contributed by atoms with E-state index in [0.29, 0.717) is 6.54 Å². The second-order valence-corrected chi connectivity index (χ2v) is 6.84. The summed E-state index contributed by atoms with van der Waals surface area (Å²) in [4.78, 5) is 30.7. The van der Waals surface area contributed by atoms with Crippen molar-refractivity contribution in [2.24, 2.45) is 18.1 Å². The van der Waals surface area contributed by atoms with Gasteiger partial charge in [-0.05, 0) is 18.1 Å². The fourth-order valence-corrected chi connectivity index (χ4v) is 2.86. The number of hydrogen-bond acceptors (Lipinski definition) is 5. The highest BCUT2D eigenvalue weighted by Crippen LogP contribution is 2.19. The predicted octanol–water partition coefficient (Wildman–Crippen LogP) is 2.32. The zero-order valence-electron chi connectivity index (χ0n) is 15.0. The van der Waals surface area contributed by atoms with Gasteiger partial charge in [-0.15, -0.1) is 0 Å². The fourth-order valence-electron chi connectivity index (χ4n) is 2.65. The van der Waals surface area contributed by atoms with Gasteiger partial charge in [0, 0.05) is 19.2 Å². The molecule has 0 amide bonds. The molecule has 2 aromatic heterocycles. The number of nitrogens with zero attached hydrogens (tertiary/aromatic N) is 4. The van der Waals surface area contributed by atoms with Crippen molar-refractivity contribution in [3.8, 4) is 0 Å². The Morgan fingerprint density at radius 1 is 1.41 bits per heavy atom. The molecular formula is C17H18ClFN6O2. The molecule has 0 unspecified atom stereocenters. The summed E-state index contributed by atoms with van der Waals surface area (Å²) in [7, 11) is 1.51. The van der Waals surface area contributed by atoms with E-state index in [1.165, 1.54) is 30.0 Å². The number of imidazole rings is 1. The first-order valence-electron chi connectivity index (χ1n) is 8.22. The first kappa shape index (κ1) is 18.8. The molecule has 142 valence electrons. The molecule has 0 radical (unpaired) electrons. The van der Waals surface area contributed by atoms with E-state index in [4.69, 9.17) is 11.6 Å². The second-order valence-electron chi connectivity index (χ2n) is 6.44. The molecule has 2 N–H and O–H groups in total. The molecule has 27 heavy (non-hydrogen) atoms. The van der Waals surface area contributed by atoms with E-state index in [9.17, 15) is 14.0 Å². The lowest BCUT2D eigenvalue weighted by molar-refractivity contribution is 0.535. The Morgan fingerprint density at radius 2 is 2.15 bits per heavy atom. The van der Waals surface area contributed by atoms with Gasteiger partial charge in [-0.25, -0.2) is 14.6 Å². The highest BCUT2D eigenvalue weighted by Gasteiger charge is 2.17. The van der Waals surface area contributed by atoms with Crippen LogP contribution in [0, 0.1) is 11.7 Å². The van der Waals surface area contributed by atoms with E-state index >= 15 is 0 Å². The van der Waals surface area contributed by atoms with Gasteiger partial charge in [0.05, 0.1) is 11.2 Å². The summed E-state index contributed by atoms with van der Waals surface area (Å²) in [5, 5.41) is 4.21. The lowest BCUT2D eigenvalue weighted by Crippen LogP contribution is -2.29. The third kappa shape index (κ3) is 3.63. The molecule has 0 saturated heterocycles. The van der Waals surface area contributed by atoms with E-state index in [1.54, 1.807) is 10.6 Å². The third-order valence-corrected chi connectivity index (χ3v) is 4.24. The van der Waals surface area contributed by atoms with Gasteiger partial charge in [0.15, 0.2) is 11.2 Å². The van der Waals surface area contributed by atoms with Crippen LogP contribution in [0.3, 0.4) is 0 Å². The average molecular weight is 393 g/mol. The van der Waals surface area contributed by atoms with Crippen molar-refractivity contribution in [1.29, 1.82) is 0 Å². The maximum atomic E-state index is 13.8. The van der Waals surface area contributed by atoms with E-state index in [1.807, 2.05) is 13.8 Å². The van der Waals surface area contributed by atoms with Gasteiger partial charge >= 0.3 is 5.69 Å². The van der Waals surface area contributed by atoms with Gasteiger partial charge in [0.2, 0.25) is 5.95 Å². The molecule has 0 aliphatic carbocycles. The number of halogens is 2. The molecular weight excluding hydrogens is 375 g/mol. The summed E-state index contributed by atoms with van der Waals surface area (Å²) < 4.78 is 16.7. The number of nitrogens with one attached hydrogen (secondary N) is 2. The number of benzene rings is 1. The van der Waals surface area contributed by atoms with Gasteiger partial charge in [-0.2, -0.15) is 10.1 Å². The lowest BCUT2D eigenvalue weighted by Gasteiger charge is -2.10. The Balaban J connectivity index is 2.07. The highest BCUT2D eigenvalue weighted by atomic mass is 35.5. The molecule has 3 aromatic rings. The van der Waals surface area contributed by atoms with Gasteiger partial charge in [-0.3, -0.25) is 14.3 Å². The van der Waals surface area contributed by atoms with Crippen LogP contribution in [0.1, 0.15) is 19.4 Å². The summed E-state index contributed by atoms with van der Waals surface area (Å²) in [5.41, 5.74) is 2.23. The fraction of sp³-hybridized carbons (Fsp3) is 0.294. The Labute approximate surface area is 158 Å². The van der Waals surface area contributed by atoms with Gasteiger partial charge < -0.3 is 4.57 Å². The maximum absolute atomic E-state index is 13.8. The first-order valence-corrected chi connectivity index (χ1v) is 8.60. The molecule has 1 aromatic carbocycles. The van der Waals surface area contributed by atoms with Crippen molar-refractivity contribution >= 4 is 34.9 Å². The second kappa shape index (κ2) is 7.36. The summed E-state index contributed by atoms with van der Waals surface area (Å²) >= 11 is 5.97. The largest absolute Gasteiger partial charge is 0.329 e. The van der Waals surface area contributed by atoms with Crippen LogP contribution < -0.4 is 16.7 Å². The minimum Gasteiger partial charge on any atom is -0.303 e. The third-order valence-electron chi connectivity index (χ3n) is 3.91. The number of fused-ring (bicyclic) bond motifs is 1. The molecule has 0 aliphatic rings. The Morgan fingerprint density at radius 3 is 2.81 bits per heavy atom. The minimum absolute atomic E-state index is 0.128. The number of rotatable bonds is 5. The van der Waals surface area contributed by atoms with Crippen molar-refractivity contribution in [3.05, 3.63) is 55.4 Å². The zero-order valence-corrected chi connectivity index (χ0v) is 15.7. The number of aryl methyl sites for hydroxylation is 1. The molecule has 0 atom stereocenters. The standard InChI is InChI=1S/C17H18ClFN6O2/c1-9(2)8-25-13-14(24(3)17(27)22-15(13)26)21-16(25)23-20-7-10-11(18)5-4-6-12(10)19/h4-7,9H,8H2,1-3H3,(H,21,23)(H,22,26,27)/b20-7-. The molecule has 0 spiro atoms. The van der Waals surface area contributed by atoms with Crippen molar-refractivity contribution in [3.63, 3.8) is 0 Å². The molecule has 8 nitrogen and oxygen atoms in total. The quantitative estimate of drug-likeness (QED) is 0.514. The zero-order chi connectivity index (χ0) is 19.7. The molecule has 0 fully saturated rings. The molecule has 10 heteroatoms. The van der Waals surface area contributed by atoms with Crippen LogP contribution in [0.15, 0.2) is 32.9 Å². The van der Waals surface area contributed by atoms with E-state index in [2.05, 4.69) is 20.5 Å². The molecule has 0 aliphatic heterocycles. The number of hydrogen-bond donors (Lipinski definition) is 2. The summed E-state index contributed by atoms with van der Waals surface area (Å²) in [5.74, 6) is -0.0544. The topological polar surface area (TPSA) is 97.1 Å². The summed E-state index contributed by atoms with van der Waals surface area (Å²) in [6.45, 7) is 4.43.